The minimum atomic E-state index is -0.0886. The van der Waals surface area contributed by atoms with Crippen LogP contribution in [0, 0.1) is 0 Å². The van der Waals surface area contributed by atoms with Crippen molar-refractivity contribution in [3.8, 4) is 11.5 Å². The molecule has 4 nitrogen and oxygen atoms in total. The van der Waals surface area contributed by atoms with Crippen LogP contribution in [0.2, 0.25) is 0 Å². The number of nitrogens with one attached hydrogen (secondary N) is 1. The first-order valence-corrected chi connectivity index (χ1v) is 5.71. The Balaban J connectivity index is 2.69. The summed E-state index contributed by atoms with van der Waals surface area (Å²) in [5, 5.41) is 21.6. The van der Waals surface area contributed by atoms with Crippen LogP contribution in [0.25, 0.3) is 0 Å². The maximum atomic E-state index is 11.6. The van der Waals surface area contributed by atoms with Gasteiger partial charge < -0.3 is 15.5 Å². The van der Waals surface area contributed by atoms with Crippen LogP contribution in [0.4, 0.5) is 0 Å². The fourth-order valence-corrected chi connectivity index (χ4v) is 1.72. The first-order valence-electron chi connectivity index (χ1n) is 5.71. The van der Waals surface area contributed by atoms with Crippen LogP contribution in [0.5, 0.6) is 11.5 Å². The molecule has 0 bridgehead atoms. The van der Waals surface area contributed by atoms with Crippen molar-refractivity contribution >= 4 is 5.91 Å². The number of aromatic hydroxyl groups is 2. The summed E-state index contributed by atoms with van der Waals surface area (Å²) in [6, 6.07) is 4.54. The lowest BCUT2D eigenvalue weighted by molar-refractivity contribution is -0.121. The van der Waals surface area contributed by atoms with Crippen molar-refractivity contribution in [3.05, 3.63) is 23.8 Å². The van der Waals surface area contributed by atoms with Gasteiger partial charge in [-0.05, 0) is 31.4 Å². The topological polar surface area (TPSA) is 69.6 Å². The SMILES string of the molecule is CC(C)NC(=O)CC(C)c1ccc(O)cc1O. The quantitative estimate of drug-likeness (QED) is 0.751. The zero-order valence-electron chi connectivity index (χ0n) is 10.4. The van der Waals surface area contributed by atoms with Gasteiger partial charge in [-0.3, -0.25) is 4.79 Å². The van der Waals surface area contributed by atoms with E-state index in [1.165, 1.54) is 12.1 Å². The summed E-state index contributed by atoms with van der Waals surface area (Å²) in [5.41, 5.74) is 0.668. The Morgan fingerprint density at radius 2 is 1.94 bits per heavy atom. The summed E-state index contributed by atoms with van der Waals surface area (Å²) >= 11 is 0. The predicted octanol–water partition coefficient (Wildman–Crippen LogP) is 2.12. The van der Waals surface area contributed by atoms with Crippen molar-refractivity contribution in [3.63, 3.8) is 0 Å². The third-order valence-electron chi connectivity index (χ3n) is 2.49. The van der Waals surface area contributed by atoms with E-state index in [0.717, 1.165) is 0 Å². The molecule has 0 radical (unpaired) electrons. The summed E-state index contributed by atoms with van der Waals surface area (Å²) in [6.07, 6.45) is 0.316. The lowest BCUT2D eigenvalue weighted by Gasteiger charge is -2.15. The molecule has 4 heteroatoms. The van der Waals surface area contributed by atoms with Gasteiger partial charge in [-0.2, -0.15) is 0 Å². The Labute approximate surface area is 101 Å². The Morgan fingerprint density at radius 1 is 1.29 bits per heavy atom. The monoisotopic (exact) mass is 237 g/mol. The molecule has 1 atom stereocenters. The molecule has 94 valence electrons. The van der Waals surface area contributed by atoms with Crippen molar-refractivity contribution in [1.29, 1.82) is 0 Å². The third kappa shape index (κ3) is 3.98. The number of carbonyl (C=O) groups is 1. The number of rotatable bonds is 4. The standard InChI is InChI=1S/C13H19NO3/c1-8(2)14-13(17)6-9(3)11-5-4-10(15)7-12(11)16/h4-5,7-9,15-16H,6H2,1-3H3,(H,14,17). The predicted molar refractivity (Wildman–Crippen MR) is 66.1 cm³/mol. The Bertz CT molecular complexity index is 402. The average molecular weight is 237 g/mol. The molecule has 1 aromatic rings. The van der Waals surface area contributed by atoms with Gasteiger partial charge in [-0.15, -0.1) is 0 Å². The zero-order valence-corrected chi connectivity index (χ0v) is 10.4. The summed E-state index contributed by atoms with van der Waals surface area (Å²) in [4.78, 5) is 11.6. The molecule has 0 saturated heterocycles. The normalized spacial score (nSPS) is 12.5. The lowest BCUT2D eigenvalue weighted by atomic mass is 9.96. The molecule has 0 heterocycles. The molecular weight excluding hydrogens is 218 g/mol. The van der Waals surface area contributed by atoms with Crippen molar-refractivity contribution in [2.75, 3.05) is 0 Å². The fraction of sp³-hybridized carbons (Fsp3) is 0.462. The van der Waals surface area contributed by atoms with Crippen molar-refractivity contribution < 1.29 is 15.0 Å². The maximum absolute atomic E-state index is 11.6. The molecule has 0 aliphatic rings. The number of carbonyl (C=O) groups excluding carboxylic acids is 1. The third-order valence-corrected chi connectivity index (χ3v) is 2.49. The van der Waals surface area contributed by atoms with Gasteiger partial charge in [0.25, 0.3) is 0 Å². The van der Waals surface area contributed by atoms with E-state index in [1.54, 1.807) is 6.07 Å². The number of amides is 1. The number of phenols is 2. The van der Waals surface area contributed by atoms with E-state index in [2.05, 4.69) is 5.32 Å². The van der Waals surface area contributed by atoms with Crippen LogP contribution in [0.15, 0.2) is 18.2 Å². The molecule has 1 unspecified atom stereocenters. The highest BCUT2D eigenvalue weighted by Gasteiger charge is 2.15. The zero-order chi connectivity index (χ0) is 13.0. The Hall–Kier alpha value is -1.71. The molecule has 1 rings (SSSR count). The van der Waals surface area contributed by atoms with E-state index in [9.17, 15) is 15.0 Å². The highest BCUT2D eigenvalue weighted by Crippen LogP contribution is 2.30. The number of phenolic OH excluding ortho intramolecular Hbond substituents is 2. The summed E-state index contributed by atoms with van der Waals surface area (Å²) in [6.45, 7) is 5.67. The van der Waals surface area contributed by atoms with Crippen LogP contribution in [0.3, 0.4) is 0 Å². The highest BCUT2D eigenvalue weighted by atomic mass is 16.3. The van der Waals surface area contributed by atoms with Gasteiger partial charge in [0.2, 0.25) is 5.91 Å². The fourth-order valence-electron chi connectivity index (χ4n) is 1.72. The number of benzene rings is 1. The highest BCUT2D eigenvalue weighted by molar-refractivity contribution is 5.77. The molecule has 0 aromatic heterocycles. The van der Waals surface area contributed by atoms with E-state index >= 15 is 0 Å². The van der Waals surface area contributed by atoms with Gasteiger partial charge in [-0.1, -0.05) is 13.0 Å². The van der Waals surface area contributed by atoms with Gasteiger partial charge in [0.1, 0.15) is 11.5 Å². The van der Waals surface area contributed by atoms with E-state index in [0.29, 0.717) is 12.0 Å². The molecule has 1 aromatic carbocycles. The van der Waals surface area contributed by atoms with Crippen LogP contribution < -0.4 is 5.32 Å². The largest absolute Gasteiger partial charge is 0.508 e. The molecule has 17 heavy (non-hydrogen) atoms. The minimum Gasteiger partial charge on any atom is -0.508 e. The summed E-state index contributed by atoms with van der Waals surface area (Å²) in [5.74, 6) is -0.0887. The maximum Gasteiger partial charge on any atom is 0.220 e. The van der Waals surface area contributed by atoms with Crippen molar-refractivity contribution in [2.45, 2.75) is 39.2 Å². The van der Waals surface area contributed by atoms with Gasteiger partial charge >= 0.3 is 0 Å². The van der Waals surface area contributed by atoms with Crippen LogP contribution in [-0.2, 0) is 4.79 Å². The van der Waals surface area contributed by atoms with Gasteiger partial charge in [0.15, 0.2) is 0 Å². The number of hydrogen-bond donors (Lipinski definition) is 3. The van der Waals surface area contributed by atoms with Gasteiger partial charge in [0, 0.05) is 18.5 Å². The van der Waals surface area contributed by atoms with E-state index in [4.69, 9.17) is 0 Å². The van der Waals surface area contributed by atoms with Crippen molar-refractivity contribution in [2.24, 2.45) is 0 Å². The molecule has 3 N–H and O–H groups in total. The molecule has 0 aliphatic carbocycles. The molecule has 1 amide bonds. The Morgan fingerprint density at radius 3 is 2.47 bits per heavy atom. The molecular formula is C13H19NO3. The number of hydrogen-bond acceptors (Lipinski definition) is 3. The van der Waals surface area contributed by atoms with Gasteiger partial charge in [-0.25, -0.2) is 0 Å². The molecule has 0 fully saturated rings. The summed E-state index contributed by atoms with van der Waals surface area (Å²) < 4.78 is 0. The van der Waals surface area contributed by atoms with E-state index < -0.39 is 0 Å². The van der Waals surface area contributed by atoms with Crippen molar-refractivity contribution in [1.82, 2.24) is 5.32 Å². The smallest absolute Gasteiger partial charge is 0.220 e. The summed E-state index contributed by atoms with van der Waals surface area (Å²) in [7, 11) is 0. The second-order valence-corrected chi connectivity index (χ2v) is 4.57. The Kier molecular flexibility index (Phi) is 4.37. The van der Waals surface area contributed by atoms with Crippen LogP contribution in [-0.4, -0.2) is 22.2 Å². The lowest BCUT2D eigenvalue weighted by Crippen LogP contribution is -2.30. The molecule has 0 spiro atoms. The first-order chi connectivity index (χ1) is 7.90. The van der Waals surface area contributed by atoms with Gasteiger partial charge in [0.05, 0.1) is 0 Å². The average Bonchev–Trinajstić information content (AvgIpc) is 2.15. The van der Waals surface area contributed by atoms with E-state index in [1.807, 2.05) is 20.8 Å². The molecule has 0 saturated carbocycles. The van der Waals surface area contributed by atoms with E-state index in [-0.39, 0.29) is 29.4 Å². The minimum absolute atomic E-state index is 0.0186. The second-order valence-electron chi connectivity index (χ2n) is 4.57. The van der Waals surface area contributed by atoms with Crippen LogP contribution in [0.1, 0.15) is 38.7 Å². The second kappa shape index (κ2) is 5.57. The van der Waals surface area contributed by atoms with Crippen LogP contribution >= 0.6 is 0 Å². The first kappa shape index (κ1) is 13.4. The molecule has 0 aliphatic heterocycles.